The number of benzene rings is 2. The molecule has 0 aromatic heterocycles. The van der Waals surface area contributed by atoms with Gasteiger partial charge >= 0.3 is 0 Å². The molecule has 2 unspecified atom stereocenters. The Morgan fingerprint density at radius 1 is 0.947 bits per heavy atom. The normalized spacial score (nSPS) is 22.5. The van der Waals surface area contributed by atoms with Crippen LogP contribution in [0.3, 0.4) is 0 Å². The van der Waals surface area contributed by atoms with Crippen molar-refractivity contribution in [3.63, 3.8) is 0 Å². The van der Waals surface area contributed by atoms with E-state index in [0.717, 1.165) is 12.0 Å². The van der Waals surface area contributed by atoms with E-state index in [1.807, 2.05) is 18.7 Å². The van der Waals surface area contributed by atoms with Crippen molar-refractivity contribution in [3.05, 3.63) is 75.1 Å². The van der Waals surface area contributed by atoms with Gasteiger partial charge in [0.1, 0.15) is 22.8 Å². The molecular formula is C26H27Cl3N4O4S. The zero-order valence-corrected chi connectivity index (χ0v) is 23.9. The van der Waals surface area contributed by atoms with Gasteiger partial charge in [-0.05, 0) is 56.2 Å². The van der Waals surface area contributed by atoms with Crippen LogP contribution in [-0.4, -0.2) is 77.0 Å². The Bertz CT molecular complexity index is 1410. The second-order valence-electron chi connectivity index (χ2n) is 9.90. The lowest BCUT2D eigenvalue weighted by molar-refractivity contribution is -0.154. The molecule has 0 spiro atoms. The highest BCUT2D eigenvalue weighted by Gasteiger charge is 2.52. The molecule has 5 rings (SSSR count). The fraction of sp³-hybridized carbons (Fsp3) is 0.385. The number of carbonyl (C=O) groups is 2. The van der Waals surface area contributed by atoms with Gasteiger partial charge in [0.2, 0.25) is 11.8 Å². The van der Waals surface area contributed by atoms with Crippen molar-refractivity contribution in [3.8, 4) is 0 Å². The van der Waals surface area contributed by atoms with E-state index >= 15 is 0 Å². The molecule has 0 N–H and O–H groups in total. The molecule has 12 heteroatoms. The van der Waals surface area contributed by atoms with Gasteiger partial charge in [-0.3, -0.25) is 19.4 Å². The largest absolute Gasteiger partial charge is 0.311 e. The molecule has 2 saturated heterocycles. The van der Waals surface area contributed by atoms with Crippen LogP contribution in [0.4, 0.5) is 0 Å². The van der Waals surface area contributed by atoms with Crippen molar-refractivity contribution >= 4 is 56.6 Å². The van der Waals surface area contributed by atoms with E-state index in [1.54, 1.807) is 24.3 Å². The molecule has 0 bridgehead atoms. The average Bonchev–Trinajstić information content (AvgIpc) is 2.81. The molecule has 2 aromatic carbocycles. The first-order chi connectivity index (χ1) is 18.0. The molecule has 2 fully saturated rings. The summed E-state index contributed by atoms with van der Waals surface area (Å²) in [4.78, 5) is 32.4. The molecule has 202 valence electrons. The highest BCUT2D eigenvalue weighted by atomic mass is 35.5. The van der Waals surface area contributed by atoms with Gasteiger partial charge in [0, 0.05) is 41.8 Å². The van der Waals surface area contributed by atoms with E-state index in [-0.39, 0.29) is 46.6 Å². The van der Waals surface area contributed by atoms with Gasteiger partial charge in [-0.25, -0.2) is 12.7 Å². The van der Waals surface area contributed by atoms with Gasteiger partial charge in [0.15, 0.2) is 0 Å². The first kappa shape index (κ1) is 27.3. The molecule has 2 atom stereocenters. The third-order valence-electron chi connectivity index (χ3n) is 7.16. The van der Waals surface area contributed by atoms with Crippen LogP contribution < -0.4 is 0 Å². The number of rotatable bonds is 6. The molecule has 3 aliphatic rings. The van der Waals surface area contributed by atoms with E-state index in [2.05, 4.69) is 0 Å². The number of hydrogen-bond donors (Lipinski definition) is 0. The van der Waals surface area contributed by atoms with Gasteiger partial charge in [-0.1, -0.05) is 46.9 Å². The van der Waals surface area contributed by atoms with Crippen LogP contribution in [0.2, 0.25) is 15.1 Å². The molecule has 0 radical (unpaired) electrons. The number of amides is 2. The van der Waals surface area contributed by atoms with Gasteiger partial charge in [-0.15, -0.1) is 0 Å². The molecule has 2 amide bonds. The van der Waals surface area contributed by atoms with Crippen molar-refractivity contribution in [1.29, 1.82) is 0 Å². The molecule has 3 heterocycles. The van der Waals surface area contributed by atoms with Crippen LogP contribution >= 0.6 is 34.8 Å². The van der Waals surface area contributed by atoms with Crippen molar-refractivity contribution in [1.82, 2.24) is 19.0 Å². The predicted molar refractivity (Wildman–Crippen MR) is 146 cm³/mol. The number of halogens is 3. The summed E-state index contributed by atoms with van der Waals surface area (Å²) in [6, 6.07) is 9.31. The van der Waals surface area contributed by atoms with E-state index in [1.165, 1.54) is 38.5 Å². The highest BCUT2D eigenvalue weighted by molar-refractivity contribution is 7.89. The predicted octanol–water partition coefficient (Wildman–Crippen LogP) is 4.21. The number of hydrogen-bond acceptors (Lipinski definition) is 5. The maximum absolute atomic E-state index is 14.1. The van der Waals surface area contributed by atoms with Crippen LogP contribution in [0, 0.1) is 0 Å². The summed E-state index contributed by atoms with van der Waals surface area (Å²) in [7, 11) is -4.22. The Hall–Kier alpha value is -2.30. The van der Waals surface area contributed by atoms with Crippen LogP contribution in [-0.2, 0) is 26.0 Å². The zero-order valence-electron chi connectivity index (χ0n) is 20.9. The van der Waals surface area contributed by atoms with Crippen molar-refractivity contribution < 1.29 is 18.0 Å². The fourth-order valence-electron chi connectivity index (χ4n) is 5.01. The first-order valence-corrected chi connectivity index (χ1v) is 14.9. The number of carbonyl (C=O) groups excluding carboxylic acids is 2. The summed E-state index contributed by atoms with van der Waals surface area (Å²) in [6.07, 6.45) is 2.58. The van der Waals surface area contributed by atoms with Gasteiger partial charge in [0.05, 0.1) is 11.6 Å². The Labute approximate surface area is 237 Å². The summed E-state index contributed by atoms with van der Waals surface area (Å²) in [5, 5.41) is 0.837. The van der Waals surface area contributed by atoms with E-state index in [4.69, 9.17) is 34.8 Å². The summed E-state index contributed by atoms with van der Waals surface area (Å²) in [5.41, 5.74) is 0.798. The van der Waals surface area contributed by atoms with Gasteiger partial charge < -0.3 is 4.90 Å². The van der Waals surface area contributed by atoms with Crippen molar-refractivity contribution in [2.24, 2.45) is 0 Å². The maximum atomic E-state index is 14.1. The van der Waals surface area contributed by atoms with E-state index in [0.29, 0.717) is 23.1 Å². The van der Waals surface area contributed by atoms with Crippen LogP contribution in [0.1, 0.15) is 25.8 Å². The molecule has 3 aliphatic heterocycles. The van der Waals surface area contributed by atoms with Crippen LogP contribution in [0.5, 0.6) is 0 Å². The fourth-order valence-corrected chi connectivity index (χ4v) is 7.34. The minimum atomic E-state index is -4.22. The molecule has 38 heavy (non-hydrogen) atoms. The molecule has 0 aliphatic carbocycles. The summed E-state index contributed by atoms with van der Waals surface area (Å²) in [6.45, 7) is 4.94. The molecular weight excluding hydrogens is 571 g/mol. The lowest BCUT2D eigenvalue weighted by Crippen LogP contribution is -2.69. The number of likely N-dealkylation sites (tertiary alicyclic amines) is 1. The van der Waals surface area contributed by atoms with Crippen LogP contribution in [0.15, 0.2) is 59.4 Å². The monoisotopic (exact) mass is 596 g/mol. The number of sulfonamides is 1. The minimum absolute atomic E-state index is 0.0210. The van der Waals surface area contributed by atoms with Gasteiger partial charge in [-0.2, -0.15) is 0 Å². The summed E-state index contributed by atoms with van der Waals surface area (Å²) >= 11 is 18.4. The highest BCUT2D eigenvalue weighted by Crippen LogP contribution is 2.38. The Morgan fingerprint density at radius 2 is 1.61 bits per heavy atom. The molecule has 8 nitrogen and oxygen atoms in total. The second kappa shape index (κ2) is 10.4. The second-order valence-corrected chi connectivity index (χ2v) is 13.0. The number of nitrogens with zero attached hydrogens (tertiary/aromatic N) is 4. The maximum Gasteiger partial charge on any atom is 0.267 e. The SMILES string of the molecule is CC(C)N1C=C2N(C(=O)C(N3CCC3)CN2S(=O)(=O)c2ccc(Cl)cc2Cl)C(Cc2ccc(Cl)cc2)C1=O. The summed E-state index contributed by atoms with van der Waals surface area (Å²) < 4.78 is 29.4. The lowest BCUT2D eigenvalue weighted by atomic mass is 9.97. The molecule has 2 aromatic rings. The Kier molecular flexibility index (Phi) is 7.43. The van der Waals surface area contributed by atoms with E-state index < -0.39 is 22.1 Å². The third-order valence-corrected chi connectivity index (χ3v) is 9.90. The molecule has 0 saturated carbocycles. The van der Waals surface area contributed by atoms with E-state index in [9.17, 15) is 18.0 Å². The quantitative estimate of drug-likeness (QED) is 0.498. The zero-order chi connectivity index (χ0) is 27.4. The minimum Gasteiger partial charge on any atom is -0.311 e. The van der Waals surface area contributed by atoms with Crippen molar-refractivity contribution in [2.45, 2.75) is 49.7 Å². The Balaban J connectivity index is 1.65. The lowest BCUT2D eigenvalue weighted by Gasteiger charge is -2.51. The standard InChI is InChI=1S/C26H27Cl3N4O4S/c1-16(2)31-15-24-32(38(36,37)23-9-8-19(28)13-20(23)29)14-22(30-10-3-11-30)26(35)33(24)21(25(31)34)12-17-4-6-18(27)7-5-17/h4-9,13,15-16,21-22H,3,10-12,14H2,1-2H3. The number of fused-ring (bicyclic) bond motifs is 1. The topological polar surface area (TPSA) is 81.2 Å². The Morgan fingerprint density at radius 3 is 2.18 bits per heavy atom. The van der Waals surface area contributed by atoms with Crippen molar-refractivity contribution in [2.75, 3.05) is 19.6 Å². The van der Waals surface area contributed by atoms with Gasteiger partial charge in [0.25, 0.3) is 10.0 Å². The smallest absolute Gasteiger partial charge is 0.267 e. The third kappa shape index (κ3) is 4.79. The summed E-state index contributed by atoms with van der Waals surface area (Å²) in [5.74, 6) is -0.441. The van der Waals surface area contributed by atoms with Crippen LogP contribution in [0.25, 0.3) is 0 Å². The first-order valence-electron chi connectivity index (χ1n) is 12.3. The average molecular weight is 598 g/mol.